The molecule has 1 aromatic carbocycles. The van der Waals surface area contributed by atoms with Gasteiger partial charge in [0.25, 0.3) is 0 Å². The molecule has 78 valence electrons. The van der Waals surface area contributed by atoms with Crippen molar-refractivity contribution >= 4 is 0 Å². The molecule has 0 aliphatic heterocycles. The molecule has 0 radical (unpaired) electrons. The zero-order valence-electron chi connectivity index (χ0n) is 9.33. The standard InChI is InChI=1S/C12H19NO/c1-8(13)10-7-9(12(2,3)4)5-6-11(10)14/h5-8,14H,13H2,1-4H3/t8-/m0/s1. The molecule has 0 spiro atoms. The average Bonchev–Trinajstić information content (AvgIpc) is 2.02. The van der Waals surface area contributed by atoms with Crippen LogP contribution in [0.25, 0.3) is 0 Å². The summed E-state index contributed by atoms with van der Waals surface area (Å²) in [7, 11) is 0. The van der Waals surface area contributed by atoms with Gasteiger partial charge >= 0.3 is 0 Å². The van der Waals surface area contributed by atoms with E-state index in [0.717, 1.165) is 5.56 Å². The summed E-state index contributed by atoms with van der Waals surface area (Å²) in [5, 5.41) is 9.59. The number of aromatic hydroxyl groups is 1. The van der Waals surface area contributed by atoms with E-state index in [-0.39, 0.29) is 17.2 Å². The quantitative estimate of drug-likeness (QED) is 0.720. The van der Waals surface area contributed by atoms with Crippen molar-refractivity contribution in [1.29, 1.82) is 0 Å². The highest BCUT2D eigenvalue weighted by molar-refractivity contribution is 5.40. The Morgan fingerprint density at radius 3 is 2.29 bits per heavy atom. The molecule has 0 heterocycles. The predicted octanol–water partition coefficient (Wildman–Crippen LogP) is 2.71. The molecular weight excluding hydrogens is 174 g/mol. The molecule has 14 heavy (non-hydrogen) atoms. The zero-order valence-corrected chi connectivity index (χ0v) is 9.33. The van der Waals surface area contributed by atoms with E-state index in [1.54, 1.807) is 6.07 Å². The summed E-state index contributed by atoms with van der Waals surface area (Å²) in [6.45, 7) is 8.31. The summed E-state index contributed by atoms with van der Waals surface area (Å²) in [6.07, 6.45) is 0. The summed E-state index contributed by atoms with van der Waals surface area (Å²) >= 11 is 0. The Labute approximate surface area is 85.8 Å². The molecule has 0 saturated carbocycles. The molecule has 1 atom stereocenters. The Hall–Kier alpha value is -1.02. The van der Waals surface area contributed by atoms with Crippen LogP contribution in [0.2, 0.25) is 0 Å². The van der Waals surface area contributed by atoms with E-state index in [2.05, 4.69) is 20.8 Å². The minimum Gasteiger partial charge on any atom is -0.508 e. The van der Waals surface area contributed by atoms with Crippen LogP contribution in [0.15, 0.2) is 18.2 Å². The highest BCUT2D eigenvalue weighted by atomic mass is 16.3. The van der Waals surface area contributed by atoms with Crippen molar-refractivity contribution in [3.63, 3.8) is 0 Å². The fourth-order valence-electron chi connectivity index (χ4n) is 1.39. The molecule has 0 saturated heterocycles. The van der Waals surface area contributed by atoms with Gasteiger partial charge in [-0.2, -0.15) is 0 Å². The normalized spacial score (nSPS) is 14.1. The molecule has 0 bridgehead atoms. The number of hydrogen-bond acceptors (Lipinski definition) is 2. The highest BCUT2D eigenvalue weighted by Crippen LogP contribution is 2.29. The number of nitrogens with two attached hydrogens (primary N) is 1. The lowest BCUT2D eigenvalue weighted by Crippen LogP contribution is -2.13. The largest absolute Gasteiger partial charge is 0.508 e. The van der Waals surface area contributed by atoms with Crippen LogP contribution >= 0.6 is 0 Å². The molecule has 0 aliphatic carbocycles. The second-order valence-corrected chi connectivity index (χ2v) is 4.81. The summed E-state index contributed by atoms with van der Waals surface area (Å²) in [6, 6.07) is 5.53. The number of benzene rings is 1. The van der Waals surface area contributed by atoms with Gasteiger partial charge in [-0.15, -0.1) is 0 Å². The molecule has 0 aliphatic rings. The maximum Gasteiger partial charge on any atom is 0.120 e. The van der Waals surface area contributed by atoms with E-state index in [9.17, 15) is 5.11 Å². The molecule has 0 fully saturated rings. The molecule has 3 N–H and O–H groups in total. The van der Waals surface area contributed by atoms with Gasteiger partial charge in [-0.25, -0.2) is 0 Å². The van der Waals surface area contributed by atoms with E-state index >= 15 is 0 Å². The molecular formula is C12H19NO. The van der Waals surface area contributed by atoms with Crippen LogP contribution in [0.5, 0.6) is 5.75 Å². The highest BCUT2D eigenvalue weighted by Gasteiger charge is 2.16. The van der Waals surface area contributed by atoms with Crippen LogP contribution in [-0.2, 0) is 5.41 Å². The molecule has 0 aromatic heterocycles. The first-order valence-corrected chi connectivity index (χ1v) is 4.91. The Bertz CT molecular complexity index is 324. The SMILES string of the molecule is C[C@H](N)c1cc(C(C)(C)C)ccc1O. The molecule has 0 amide bonds. The van der Waals surface area contributed by atoms with E-state index < -0.39 is 0 Å². The first kappa shape index (κ1) is 11.1. The topological polar surface area (TPSA) is 46.2 Å². The van der Waals surface area contributed by atoms with Gasteiger partial charge in [0.05, 0.1) is 0 Å². The third kappa shape index (κ3) is 2.26. The first-order valence-electron chi connectivity index (χ1n) is 4.91. The number of phenolic OH excluding ortho intramolecular Hbond substituents is 1. The molecule has 1 rings (SSSR count). The Balaban J connectivity index is 3.20. The monoisotopic (exact) mass is 193 g/mol. The fourth-order valence-corrected chi connectivity index (χ4v) is 1.39. The zero-order chi connectivity index (χ0) is 10.9. The van der Waals surface area contributed by atoms with Crippen molar-refractivity contribution in [3.05, 3.63) is 29.3 Å². The summed E-state index contributed by atoms with van der Waals surface area (Å²) < 4.78 is 0. The van der Waals surface area contributed by atoms with Crippen molar-refractivity contribution in [3.8, 4) is 5.75 Å². The van der Waals surface area contributed by atoms with Gasteiger partial charge in [0.15, 0.2) is 0 Å². The summed E-state index contributed by atoms with van der Waals surface area (Å²) in [4.78, 5) is 0. The van der Waals surface area contributed by atoms with Crippen molar-refractivity contribution in [2.45, 2.75) is 39.2 Å². The fraction of sp³-hybridized carbons (Fsp3) is 0.500. The third-order valence-electron chi connectivity index (χ3n) is 2.38. The summed E-state index contributed by atoms with van der Waals surface area (Å²) in [5.74, 6) is 0.285. The minimum atomic E-state index is -0.128. The Morgan fingerprint density at radius 2 is 1.86 bits per heavy atom. The lowest BCUT2D eigenvalue weighted by molar-refractivity contribution is 0.462. The van der Waals surface area contributed by atoms with Gasteiger partial charge in [-0.05, 0) is 24.0 Å². The maximum absolute atomic E-state index is 9.59. The van der Waals surface area contributed by atoms with Crippen LogP contribution in [-0.4, -0.2) is 5.11 Å². The lowest BCUT2D eigenvalue weighted by atomic mass is 9.85. The Morgan fingerprint density at radius 1 is 1.29 bits per heavy atom. The van der Waals surface area contributed by atoms with E-state index in [4.69, 9.17) is 5.73 Å². The van der Waals surface area contributed by atoms with Crippen LogP contribution < -0.4 is 5.73 Å². The minimum absolute atomic E-state index is 0.0946. The van der Waals surface area contributed by atoms with Crippen LogP contribution in [0.1, 0.15) is 44.9 Å². The van der Waals surface area contributed by atoms with Gasteiger partial charge in [-0.1, -0.05) is 32.9 Å². The predicted molar refractivity (Wildman–Crippen MR) is 59.4 cm³/mol. The second-order valence-electron chi connectivity index (χ2n) is 4.81. The lowest BCUT2D eigenvalue weighted by Gasteiger charge is -2.21. The van der Waals surface area contributed by atoms with E-state index in [1.807, 2.05) is 19.1 Å². The Kier molecular flexibility index (Phi) is 2.86. The van der Waals surface area contributed by atoms with Crippen molar-refractivity contribution in [2.24, 2.45) is 5.73 Å². The number of phenols is 1. The molecule has 2 heteroatoms. The van der Waals surface area contributed by atoms with Crippen LogP contribution in [0.3, 0.4) is 0 Å². The molecule has 0 unspecified atom stereocenters. The van der Waals surface area contributed by atoms with Crippen molar-refractivity contribution < 1.29 is 5.11 Å². The van der Waals surface area contributed by atoms with Gasteiger partial charge in [0.2, 0.25) is 0 Å². The van der Waals surface area contributed by atoms with Crippen molar-refractivity contribution in [2.75, 3.05) is 0 Å². The molecule has 2 nitrogen and oxygen atoms in total. The average molecular weight is 193 g/mol. The molecule has 1 aromatic rings. The van der Waals surface area contributed by atoms with Crippen molar-refractivity contribution in [1.82, 2.24) is 0 Å². The van der Waals surface area contributed by atoms with Gasteiger partial charge in [0, 0.05) is 11.6 Å². The maximum atomic E-state index is 9.59. The van der Waals surface area contributed by atoms with Gasteiger partial charge < -0.3 is 10.8 Å². The summed E-state index contributed by atoms with van der Waals surface area (Å²) in [5.41, 5.74) is 7.88. The number of hydrogen-bond donors (Lipinski definition) is 2. The number of rotatable bonds is 1. The smallest absolute Gasteiger partial charge is 0.120 e. The first-order chi connectivity index (χ1) is 6.32. The van der Waals surface area contributed by atoms with Gasteiger partial charge in [0.1, 0.15) is 5.75 Å². The van der Waals surface area contributed by atoms with Gasteiger partial charge in [-0.3, -0.25) is 0 Å². The second kappa shape index (κ2) is 3.62. The third-order valence-corrected chi connectivity index (χ3v) is 2.38. The van der Waals surface area contributed by atoms with E-state index in [1.165, 1.54) is 5.56 Å². The van der Waals surface area contributed by atoms with E-state index in [0.29, 0.717) is 0 Å². The van der Waals surface area contributed by atoms with Crippen LogP contribution in [0.4, 0.5) is 0 Å². The van der Waals surface area contributed by atoms with Crippen LogP contribution in [0, 0.1) is 0 Å².